The first kappa shape index (κ1) is 19.8. The molecule has 10 heteroatoms. The van der Waals surface area contributed by atoms with E-state index in [2.05, 4.69) is 25.4 Å². The molecule has 4 rings (SSSR count). The molecule has 4 N–H and O–H groups in total. The van der Waals surface area contributed by atoms with Gasteiger partial charge in [-0.15, -0.1) is 0 Å². The van der Waals surface area contributed by atoms with Gasteiger partial charge in [0.05, 0.1) is 11.7 Å². The fourth-order valence-corrected chi connectivity index (χ4v) is 3.31. The molecule has 3 aromatic heterocycles. The van der Waals surface area contributed by atoms with Crippen LogP contribution in [0.2, 0.25) is 0 Å². The number of carbonyl (C=O) groups is 1. The van der Waals surface area contributed by atoms with Gasteiger partial charge in [0, 0.05) is 24.2 Å². The highest BCUT2D eigenvalue weighted by Gasteiger charge is 2.22. The van der Waals surface area contributed by atoms with Gasteiger partial charge in [-0.25, -0.2) is 19.2 Å². The number of rotatable bonds is 5. The summed E-state index contributed by atoms with van der Waals surface area (Å²) in [7, 11) is 1.73. The summed E-state index contributed by atoms with van der Waals surface area (Å²) in [4.78, 5) is 24.2. The Labute approximate surface area is 171 Å². The second-order valence-electron chi connectivity index (χ2n) is 7.68. The first-order valence-corrected chi connectivity index (χ1v) is 9.44. The standard InChI is InChI=1S/C20H22FN7O2/c1-20(2,6-7-22)26-19(29)30-15-10-24-18-17(15)25-13(9-23-18)16-12-5-4-11(21)8-14(12)28(3)27-16/h4-5,8-10H,6-7,22H2,1-3H3,(H,23,24)(H,26,29). The monoisotopic (exact) mass is 411 g/mol. The van der Waals surface area contributed by atoms with Crippen molar-refractivity contribution < 1.29 is 13.9 Å². The maximum absolute atomic E-state index is 13.6. The molecule has 1 amide bonds. The van der Waals surface area contributed by atoms with Gasteiger partial charge in [-0.05, 0) is 45.0 Å². The molecule has 0 atom stereocenters. The molecule has 0 unspecified atom stereocenters. The summed E-state index contributed by atoms with van der Waals surface area (Å²) in [6.45, 7) is 4.17. The molecular weight excluding hydrogens is 389 g/mol. The van der Waals surface area contributed by atoms with Crippen LogP contribution in [0, 0.1) is 5.82 Å². The van der Waals surface area contributed by atoms with E-state index in [1.807, 2.05) is 13.8 Å². The van der Waals surface area contributed by atoms with Crippen molar-refractivity contribution in [2.24, 2.45) is 12.8 Å². The summed E-state index contributed by atoms with van der Waals surface area (Å²) in [5, 5.41) is 7.98. The molecule has 0 saturated heterocycles. The molecule has 4 aromatic rings. The lowest BCUT2D eigenvalue weighted by Gasteiger charge is -2.24. The van der Waals surface area contributed by atoms with Gasteiger partial charge in [-0.2, -0.15) is 5.10 Å². The van der Waals surface area contributed by atoms with Gasteiger partial charge in [0.25, 0.3) is 0 Å². The summed E-state index contributed by atoms with van der Waals surface area (Å²) in [5.41, 5.74) is 7.61. The van der Waals surface area contributed by atoms with Crippen molar-refractivity contribution in [3.05, 3.63) is 36.4 Å². The van der Waals surface area contributed by atoms with E-state index >= 15 is 0 Å². The second kappa shape index (κ2) is 7.38. The molecule has 0 fully saturated rings. The van der Waals surface area contributed by atoms with E-state index in [4.69, 9.17) is 10.5 Å². The first-order valence-electron chi connectivity index (χ1n) is 9.44. The third-order valence-corrected chi connectivity index (χ3v) is 4.81. The SMILES string of the molecule is Cn1nc(-c2cnc3[nH]cc(OC(=O)NC(C)(C)CCN)c3n2)c2ccc(F)cc21. The summed E-state index contributed by atoms with van der Waals surface area (Å²) in [6.07, 6.45) is 3.08. The molecule has 156 valence electrons. The van der Waals surface area contributed by atoms with Gasteiger partial charge < -0.3 is 20.8 Å². The van der Waals surface area contributed by atoms with Crippen LogP contribution in [0.3, 0.4) is 0 Å². The molecule has 0 aliphatic rings. The largest absolute Gasteiger partial charge is 0.413 e. The normalized spacial score (nSPS) is 11.9. The Bertz CT molecular complexity index is 1240. The smallest absolute Gasteiger partial charge is 0.406 e. The van der Waals surface area contributed by atoms with Gasteiger partial charge in [-0.3, -0.25) is 4.68 Å². The molecule has 9 nitrogen and oxygen atoms in total. The zero-order valence-electron chi connectivity index (χ0n) is 16.9. The van der Waals surface area contributed by atoms with Crippen LogP contribution >= 0.6 is 0 Å². The summed E-state index contributed by atoms with van der Waals surface area (Å²) >= 11 is 0. The van der Waals surface area contributed by atoms with Gasteiger partial charge in [0.1, 0.15) is 17.2 Å². The Morgan fingerprint density at radius 3 is 2.97 bits per heavy atom. The third-order valence-electron chi connectivity index (χ3n) is 4.81. The zero-order valence-corrected chi connectivity index (χ0v) is 16.9. The van der Waals surface area contributed by atoms with Crippen LogP contribution in [0.25, 0.3) is 33.5 Å². The van der Waals surface area contributed by atoms with E-state index in [1.54, 1.807) is 24.0 Å². The minimum absolute atomic E-state index is 0.242. The van der Waals surface area contributed by atoms with E-state index in [9.17, 15) is 9.18 Å². The number of ether oxygens (including phenoxy) is 1. The number of aromatic amines is 1. The van der Waals surface area contributed by atoms with Gasteiger partial charge in [-0.1, -0.05) is 0 Å². The molecule has 0 spiro atoms. The fourth-order valence-electron chi connectivity index (χ4n) is 3.31. The van der Waals surface area contributed by atoms with Gasteiger partial charge >= 0.3 is 6.09 Å². The van der Waals surface area contributed by atoms with Crippen molar-refractivity contribution in [1.29, 1.82) is 0 Å². The minimum Gasteiger partial charge on any atom is -0.406 e. The lowest BCUT2D eigenvalue weighted by Crippen LogP contribution is -2.46. The van der Waals surface area contributed by atoms with Crippen molar-refractivity contribution in [1.82, 2.24) is 30.0 Å². The minimum atomic E-state index is -0.611. The number of aromatic nitrogens is 5. The Morgan fingerprint density at radius 2 is 2.20 bits per heavy atom. The van der Waals surface area contributed by atoms with E-state index in [0.717, 1.165) is 5.39 Å². The maximum Gasteiger partial charge on any atom is 0.413 e. The average molecular weight is 411 g/mol. The van der Waals surface area contributed by atoms with Crippen LogP contribution in [0.15, 0.2) is 30.6 Å². The van der Waals surface area contributed by atoms with Crippen molar-refractivity contribution in [2.75, 3.05) is 6.54 Å². The Hall–Kier alpha value is -3.53. The van der Waals surface area contributed by atoms with Crippen molar-refractivity contribution in [3.8, 4) is 17.1 Å². The van der Waals surface area contributed by atoms with Crippen LogP contribution in [0.1, 0.15) is 20.3 Å². The number of fused-ring (bicyclic) bond motifs is 2. The number of nitrogens with zero attached hydrogens (tertiary/aromatic N) is 4. The number of hydrogen-bond acceptors (Lipinski definition) is 6. The number of nitrogens with two attached hydrogens (primary N) is 1. The topological polar surface area (TPSA) is 124 Å². The third kappa shape index (κ3) is 3.69. The summed E-state index contributed by atoms with van der Waals surface area (Å²) in [5.74, 6) is -0.102. The molecular formula is C20H22FN7O2. The second-order valence-corrected chi connectivity index (χ2v) is 7.68. The predicted octanol–water partition coefficient (Wildman–Crippen LogP) is 2.87. The van der Waals surface area contributed by atoms with Gasteiger partial charge in [0.15, 0.2) is 16.9 Å². The van der Waals surface area contributed by atoms with E-state index < -0.39 is 11.6 Å². The Morgan fingerprint density at radius 1 is 1.40 bits per heavy atom. The van der Waals surface area contributed by atoms with Crippen LogP contribution in [-0.4, -0.2) is 42.9 Å². The molecule has 0 aliphatic carbocycles. The molecule has 0 saturated carbocycles. The Balaban J connectivity index is 1.68. The molecule has 0 aliphatic heterocycles. The summed E-state index contributed by atoms with van der Waals surface area (Å²) < 4.78 is 20.6. The van der Waals surface area contributed by atoms with E-state index in [0.29, 0.717) is 41.0 Å². The van der Waals surface area contributed by atoms with Gasteiger partial charge in [0.2, 0.25) is 0 Å². The number of carbonyl (C=O) groups excluding carboxylic acids is 1. The molecule has 0 bridgehead atoms. The van der Waals surface area contributed by atoms with Crippen molar-refractivity contribution in [2.45, 2.75) is 25.8 Å². The molecule has 30 heavy (non-hydrogen) atoms. The zero-order chi connectivity index (χ0) is 21.5. The number of nitrogens with one attached hydrogen (secondary N) is 2. The van der Waals surface area contributed by atoms with E-state index in [1.165, 1.54) is 18.3 Å². The lowest BCUT2D eigenvalue weighted by molar-refractivity contribution is 0.187. The van der Waals surface area contributed by atoms with Crippen molar-refractivity contribution in [3.63, 3.8) is 0 Å². The molecule has 3 heterocycles. The number of hydrogen-bond donors (Lipinski definition) is 3. The lowest BCUT2D eigenvalue weighted by atomic mass is 10.0. The molecule has 1 aromatic carbocycles. The number of H-pyrrole nitrogens is 1. The maximum atomic E-state index is 13.6. The predicted molar refractivity (Wildman–Crippen MR) is 110 cm³/mol. The quantitative estimate of drug-likeness (QED) is 0.464. The highest BCUT2D eigenvalue weighted by molar-refractivity contribution is 5.93. The number of amides is 1. The van der Waals surface area contributed by atoms with Crippen LogP contribution in [0.5, 0.6) is 5.75 Å². The summed E-state index contributed by atoms with van der Waals surface area (Å²) in [6, 6.07) is 4.44. The number of halogens is 1. The van der Waals surface area contributed by atoms with E-state index in [-0.39, 0.29) is 11.6 Å². The fraction of sp³-hybridized carbons (Fsp3) is 0.300. The Kier molecular flexibility index (Phi) is 4.86. The molecule has 0 radical (unpaired) electrons. The average Bonchev–Trinajstić information content (AvgIpc) is 3.22. The van der Waals surface area contributed by atoms with Crippen LogP contribution in [-0.2, 0) is 7.05 Å². The van der Waals surface area contributed by atoms with Crippen molar-refractivity contribution >= 4 is 28.2 Å². The van der Waals surface area contributed by atoms with Crippen LogP contribution < -0.4 is 15.8 Å². The highest BCUT2D eigenvalue weighted by atomic mass is 19.1. The number of aryl methyl sites for hydroxylation is 1. The van der Waals surface area contributed by atoms with Crippen LogP contribution in [0.4, 0.5) is 9.18 Å². The number of benzene rings is 1. The first-order chi connectivity index (χ1) is 14.3. The highest BCUT2D eigenvalue weighted by Crippen LogP contribution is 2.30.